The summed E-state index contributed by atoms with van der Waals surface area (Å²) in [6.07, 6.45) is 4.30. The highest BCUT2D eigenvalue weighted by molar-refractivity contribution is 5.80. The Bertz CT molecular complexity index is 181. The summed E-state index contributed by atoms with van der Waals surface area (Å²) < 4.78 is 0. The molecule has 0 aromatic heterocycles. The van der Waals surface area contributed by atoms with Gasteiger partial charge in [-0.1, -0.05) is 0 Å². The molecular weight excluding hydrogens is 154 g/mol. The van der Waals surface area contributed by atoms with Gasteiger partial charge in [0, 0.05) is 19.0 Å². The molecule has 1 radical (unpaired) electrons. The second-order valence-corrected chi connectivity index (χ2v) is 3.68. The molecule has 1 heterocycles. The number of nitrogens with zero attached hydrogens (tertiary/aromatic N) is 1. The van der Waals surface area contributed by atoms with Gasteiger partial charge in [0.05, 0.1) is 6.10 Å². The van der Waals surface area contributed by atoms with Crippen LogP contribution in [0.3, 0.4) is 0 Å². The van der Waals surface area contributed by atoms with Gasteiger partial charge in [-0.3, -0.25) is 4.79 Å². The quantitative estimate of drug-likeness (QED) is 0.607. The minimum atomic E-state index is -0.217. The molecule has 1 aliphatic heterocycles. The lowest BCUT2D eigenvalue weighted by molar-refractivity contribution is -0.141. The van der Waals surface area contributed by atoms with Crippen molar-refractivity contribution in [2.75, 3.05) is 13.1 Å². The van der Waals surface area contributed by atoms with Gasteiger partial charge in [-0.25, -0.2) is 0 Å². The molecule has 12 heavy (non-hydrogen) atoms. The lowest BCUT2D eigenvalue weighted by Gasteiger charge is -2.33. The van der Waals surface area contributed by atoms with Gasteiger partial charge in [-0.2, -0.15) is 0 Å². The number of likely N-dealkylation sites (tertiary alicyclic amines) is 1. The third-order valence-electron chi connectivity index (χ3n) is 2.73. The van der Waals surface area contributed by atoms with E-state index in [1.165, 1.54) is 0 Å². The first-order chi connectivity index (χ1) is 5.77. The first kappa shape index (κ1) is 8.05. The van der Waals surface area contributed by atoms with Crippen LogP contribution in [0.5, 0.6) is 0 Å². The monoisotopic (exact) mass is 168 g/mol. The van der Waals surface area contributed by atoms with Crippen LogP contribution in [0.4, 0.5) is 0 Å². The molecule has 0 bridgehead atoms. The molecule has 3 heteroatoms. The molecular formula is C9H14NO2. The van der Waals surface area contributed by atoms with Crippen LogP contribution in [0.1, 0.15) is 19.3 Å². The Morgan fingerprint density at radius 1 is 1.50 bits per heavy atom. The molecule has 67 valence electrons. The summed E-state index contributed by atoms with van der Waals surface area (Å²) in [5.74, 6) is 0.362. The number of aliphatic hydroxyl groups is 1. The average Bonchev–Trinajstić information content (AvgIpc) is 2.49. The maximum atomic E-state index is 11.6. The molecule has 2 rings (SSSR count). The summed E-state index contributed by atoms with van der Waals surface area (Å²) >= 11 is 0. The first-order valence-corrected chi connectivity index (χ1v) is 4.56. The Labute approximate surface area is 72.4 Å². The van der Waals surface area contributed by atoms with Crippen LogP contribution in [0.15, 0.2) is 0 Å². The zero-order chi connectivity index (χ0) is 8.55. The highest BCUT2D eigenvalue weighted by Gasteiger charge is 2.36. The molecule has 1 saturated heterocycles. The zero-order valence-electron chi connectivity index (χ0n) is 7.07. The molecule has 2 aliphatic rings. The molecule has 1 aliphatic carbocycles. The smallest absolute Gasteiger partial charge is 0.225 e. The van der Waals surface area contributed by atoms with Crippen LogP contribution in [-0.4, -0.2) is 35.1 Å². The first-order valence-electron chi connectivity index (χ1n) is 4.56. The van der Waals surface area contributed by atoms with Gasteiger partial charge in [0.25, 0.3) is 0 Å². The Balaban J connectivity index is 1.83. The highest BCUT2D eigenvalue weighted by atomic mass is 16.3. The molecule has 0 aromatic rings. The summed E-state index contributed by atoms with van der Waals surface area (Å²) in [5.41, 5.74) is 0. The maximum Gasteiger partial charge on any atom is 0.225 e. The number of aliphatic hydroxyl groups excluding tert-OH is 1. The van der Waals surface area contributed by atoms with E-state index in [2.05, 4.69) is 6.42 Å². The molecule has 3 nitrogen and oxygen atoms in total. The summed E-state index contributed by atoms with van der Waals surface area (Å²) in [4.78, 5) is 13.5. The normalized spacial score (nSPS) is 34.9. The van der Waals surface area contributed by atoms with Crippen molar-refractivity contribution in [3.05, 3.63) is 6.42 Å². The van der Waals surface area contributed by atoms with Gasteiger partial charge in [0.15, 0.2) is 0 Å². The molecule has 0 unspecified atom stereocenters. The van der Waals surface area contributed by atoms with E-state index in [4.69, 9.17) is 5.11 Å². The van der Waals surface area contributed by atoms with Crippen LogP contribution >= 0.6 is 0 Å². The van der Waals surface area contributed by atoms with E-state index in [1.54, 1.807) is 0 Å². The lowest BCUT2D eigenvalue weighted by Crippen LogP contribution is -2.42. The number of carbonyl (C=O) groups is 1. The van der Waals surface area contributed by atoms with Gasteiger partial charge in [0.1, 0.15) is 0 Å². The number of amides is 1. The van der Waals surface area contributed by atoms with Gasteiger partial charge in [-0.15, -0.1) is 0 Å². The van der Waals surface area contributed by atoms with Crippen molar-refractivity contribution in [3.8, 4) is 0 Å². The number of rotatable bonds is 1. The van der Waals surface area contributed by atoms with Crippen molar-refractivity contribution < 1.29 is 9.90 Å². The maximum absolute atomic E-state index is 11.6. The van der Waals surface area contributed by atoms with E-state index in [9.17, 15) is 4.79 Å². The molecule has 2 fully saturated rings. The molecule has 1 amide bonds. The molecule has 1 saturated carbocycles. The van der Waals surface area contributed by atoms with Crippen molar-refractivity contribution in [2.45, 2.75) is 25.4 Å². The minimum absolute atomic E-state index is 0.117. The van der Waals surface area contributed by atoms with Crippen LogP contribution in [0, 0.1) is 12.3 Å². The van der Waals surface area contributed by atoms with Gasteiger partial charge >= 0.3 is 0 Å². The summed E-state index contributed by atoms with van der Waals surface area (Å²) in [5, 5.41) is 9.03. The summed E-state index contributed by atoms with van der Waals surface area (Å²) in [7, 11) is 0. The Morgan fingerprint density at radius 2 is 2.25 bits per heavy atom. The average molecular weight is 168 g/mol. The van der Waals surface area contributed by atoms with Crippen LogP contribution in [0.2, 0.25) is 0 Å². The van der Waals surface area contributed by atoms with Crippen molar-refractivity contribution in [2.24, 2.45) is 5.92 Å². The highest BCUT2D eigenvalue weighted by Crippen LogP contribution is 2.29. The van der Waals surface area contributed by atoms with Gasteiger partial charge in [-0.05, 0) is 25.7 Å². The number of hydrogen-bond donors (Lipinski definition) is 1. The van der Waals surface area contributed by atoms with Crippen LogP contribution in [0.25, 0.3) is 0 Å². The van der Waals surface area contributed by atoms with Crippen molar-refractivity contribution in [3.63, 3.8) is 0 Å². The zero-order valence-corrected chi connectivity index (χ0v) is 7.07. The molecule has 0 aromatic carbocycles. The van der Waals surface area contributed by atoms with E-state index < -0.39 is 0 Å². The fraction of sp³-hybridized carbons (Fsp3) is 0.778. The second-order valence-electron chi connectivity index (χ2n) is 3.68. The second kappa shape index (κ2) is 3.05. The van der Waals surface area contributed by atoms with Crippen molar-refractivity contribution in [1.82, 2.24) is 4.90 Å². The largest absolute Gasteiger partial charge is 0.393 e. The molecule has 1 N–H and O–H groups in total. The van der Waals surface area contributed by atoms with E-state index >= 15 is 0 Å². The predicted octanol–water partition coefficient (Wildman–Crippen LogP) is 0.194. The predicted molar refractivity (Wildman–Crippen MR) is 44.2 cm³/mol. The molecule has 0 atom stereocenters. The number of carbonyl (C=O) groups excluding carboxylic acids is 1. The number of hydrogen-bond acceptors (Lipinski definition) is 2. The third-order valence-corrected chi connectivity index (χ3v) is 2.73. The SMILES string of the molecule is O=C(C1CC(O)C1)N1C[CH]CC1. The minimum Gasteiger partial charge on any atom is -0.393 e. The summed E-state index contributed by atoms with van der Waals surface area (Å²) in [6, 6.07) is 0. The summed E-state index contributed by atoms with van der Waals surface area (Å²) in [6.45, 7) is 1.69. The fourth-order valence-corrected chi connectivity index (χ4v) is 1.83. The topological polar surface area (TPSA) is 40.5 Å². The van der Waals surface area contributed by atoms with Crippen molar-refractivity contribution >= 4 is 5.91 Å². The third kappa shape index (κ3) is 1.33. The van der Waals surface area contributed by atoms with Gasteiger partial charge in [0.2, 0.25) is 5.91 Å². The Kier molecular flexibility index (Phi) is 2.05. The fourth-order valence-electron chi connectivity index (χ4n) is 1.83. The van der Waals surface area contributed by atoms with Crippen molar-refractivity contribution in [1.29, 1.82) is 0 Å². The molecule has 0 spiro atoms. The van der Waals surface area contributed by atoms with E-state index in [0.29, 0.717) is 12.8 Å². The van der Waals surface area contributed by atoms with E-state index in [-0.39, 0.29) is 17.9 Å². The standard InChI is InChI=1S/C9H14NO2/c11-8-5-7(6-8)9(12)10-3-1-2-4-10/h1,7-8,11H,2-6H2. The van der Waals surface area contributed by atoms with Crippen LogP contribution < -0.4 is 0 Å². The van der Waals surface area contributed by atoms with Gasteiger partial charge < -0.3 is 10.0 Å². The lowest BCUT2D eigenvalue weighted by atomic mass is 9.81. The van der Waals surface area contributed by atoms with E-state index in [0.717, 1.165) is 19.5 Å². The Hall–Kier alpha value is -0.570. The van der Waals surface area contributed by atoms with Crippen LogP contribution in [-0.2, 0) is 4.79 Å². The Morgan fingerprint density at radius 3 is 2.75 bits per heavy atom. The van der Waals surface area contributed by atoms with E-state index in [1.807, 2.05) is 4.90 Å².